The molecule has 0 fully saturated rings. The van der Waals surface area contributed by atoms with E-state index in [1.807, 2.05) is 13.8 Å². The largest absolute Gasteiger partial charge is 0.398 e. The predicted molar refractivity (Wildman–Crippen MR) is 65.1 cm³/mol. The summed E-state index contributed by atoms with van der Waals surface area (Å²) in [5.41, 5.74) is 7.21. The van der Waals surface area contributed by atoms with E-state index in [1.165, 1.54) is 0 Å². The number of anilines is 1. The lowest BCUT2D eigenvalue weighted by atomic mass is 9.99. The van der Waals surface area contributed by atoms with Gasteiger partial charge in [-0.15, -0.1) is 0 Å². The van der Waals surface area contributed by atoms with Gasteiger partial charge in [0.15, 0.2) is 0 Å². The highest BCUT2D eigenvalue weighted by Crippen LogP contribution is 2.12. The maximum atomic E-state index is 11.8. The van der Waals surface area contributed by atoms with E-state index < -0.39 is 0 Å². The fourth-order valence-electron chi connectivity index (χ4n) is 1.42. The first-order chi connectivity index (χ1) is 7.65. The Hall–Kier alpha value is -1.42. The summed E-state index contributed by atoms with van der Waals surface area (Å²) < 4.78 is 0. The van der Waals surface area contributed by atoms with Gasteiger partial charge in [-0.05, 0) is 12.6 Å². The van der Waals surface area contributed by atoms with Gasteiger partial charge < -0.3 is 11.1 Å². The Balaban J connectivity index is 2.54. The van der Waals surface area contributed by atoms with Crippen molar-refractivity contribution in [2.75, 3.05) is 18.8 Å². The second-order valence-electron chi connectivity index (χ2n) is 3.93. The van der Waals surface area contributed by atoms with Crippen LogP contribution in [0.15, 0.2) is 18.5 Å². The summed E-state index contributed by atoms with van der Waals surface area (Å²) in [6.45, 7) is 5.55. The smallest absolute Gasteiger partial charge is 0.141 e. The number of nitrogens with one attached hydrogen (secondary N) is 1. The first-order valence-electron chi connectivity index (χ1n) is 5.57. The average Bonchev–Trinajstić information content (AvgIpc) is 2.28. The van der Waals surface area contributed by atoms with Crippen molar-refractivity contribution in [3.8, 4) is 0 Å². The summed E-state index contributed by atoms with van der Waals surface area (Å²) in [6.07, 6.45) is 3.66. The number of hydrogen-bond acceptors (Lipinski definition) is 4. The van der Waals surface area contributed by atoms with Crippen molar-refractivity contribution in [3.63, 3.8) is 0 Å². The molecule has 0 aliphatic rings. The van der Waals surface area contributed by atoms with Gasteiger partial charge in [0.2, 0.25) is 0 Å². The average molecular weight is 221 g/mol. The molecule has 1 rings (SSSR count). The highest BCUT2D eigenvalue weighted by Gasteiger charge is 2.14. The van der Waals surface area contributed by atoms with E-state index >= 15 is 0 Å². The number of nitrogen functional groups attached to an aromatic ring is 1. The van der Waals surface area contributed by atoms with Crippen LogP contribution in [0.2, 0.25) is 0 Å². The topological polar surface area (TPSA) is 68.0 Å². The third-order valence-electron chi connectivity index (χ3n) is 2.56. The van der Waals surface area contributed by atoms with Gasteiger partial charge in [-0.3, -0.25) is 9.78 Å². The van der Waals surface area contributed by atoms with Crippen LogP contribution in [0.4, 0.5) is 5.69 Å². The Labute approximate surface area is 96.3 Å². The first-order valence-corrected chi connectivity index (χ1v) is 5.57. The van der Waals surface area contributed by atoms with Crippen molar-refractivity contribution in [1.82, 2.24) is 10.3 Å². The van der Waals surface area contributed by atoms with Crippen molar-refractivity contribution in [2.45, 2.75) is 20.3 Å². The van der Waals surface area contributed by atoms with Crippen LogP contribution >= 0.6 is 0 Å². The molecule has 16 heavy (non-hydrogen) atoms. The molecular formula is C12H19N3O. The molecule has 0 amide bonds. The van der Waals surface area contributed by atoms with Crippen LogP contribution in [0.3, 0.4) is 0 Å². The molecule has 1 heterocycles. The summed E-state index contributed by atoms with van der Waals surface area (Å²) in [4.78, 5) is 15.8. The number of nitrogens with zero attached hydrogens (tertiary/aromatic N) is 1. The monoisotopic (exact) mass is 221 g/mol. The maximum absolute atomic E-state index is 11.8. The number of carbonyl (C=O) groups excluding carboxylic acids is 1. The molecule has 0 aliphatic carbocycles. The van der Waals surface area contributed by atoms with Crippen molar-refractivity contribution in [3.05, 3.63) is 24.0 Å². The lowest BCUT2D eigenvalue weighted by Gasteiger charge is -2.11. The summed E-state index contributed by atoms with van der Waals surface area (Å²) in [5.74, 6) is 0.209. The van der Waals surface area contributed by atoms with Crippen LogP contribution in [0.5, 0.6) is 0 Å². The fraction of sp³-hybridized carbons (Fsp3) is 0.500. The number of rotatable bonds is 6. The molecule has 0 radical (unpaired) electrons. The molecule has 3 N–H and O–H groups in total. The van der Waals surface area contributed by atoms with Crippen LogP contribution < -0.4 is 11.1 Å². The van der Waals surface area contributed by atoms with Gasteiger partial charge in [0.1, 0.15) is 5.78 Å². The Morgan fingerprint density at radius 1 is 1.62 bits per heavy atom. The minimum absolute atomic E-state index is 0.0135. The molecule has 1 aromatic rings. The number of pyridine rings is 1. The number of Topliss-reactive ketones (excluding diaryl/α,β-unsaturated/α-hetero) is 1. The Bertz CT molecular complexity index is 352. The standard InChI is InChI=1S/C12H19N3O/c1-3-14-7-9(2)12(16)6-10-8-15-5-4-11(10)13/h4-5,8-9,14H,3,6-7H2,1-2H3,(H2,13,15). The SMILES string of the molecule is CCNCC(C)C(=O)Cc1cnccc1N. The zero-order chi connectivity index (χ0) is 12.0. The van der Waals surface area contributed by atoms with E-state index in [0.717, 1.165) is 18.7 Å². The van der Waals surface area contributed by atoms with Gasteiger partial charge in [-0.1, -0.05) is 13.8 Å². The zero-order valence-electron chi connectivity index (χ0n) is 9.86. The van der Waals surface area contributed by atoms with Crippen LogP contribution in [0, 0.1) is 5.92 Å². The van der Waals surface area contributed by atoms with Gasteiger partial charge in [-0.2, -0.15) is 0 Å². The fourth-order valence-corrected chi connectivity index (χ4v) is 1.42. The molecule has 1 atom stereocenters. The summed E-state index contributed by atoms with van der Waals surface area (Å²) >= 11 is 0. The summed E-state index contributed by atoms with van der Waals surface area (Å²) in [5, 5.41) is 3.16. The molecular weight excluding hydrogens is 202 g/mol. The number of ketones is 1. The van der Waals surface area contributed by atoms with Crippen molar-refractivity contribution in [1.29, 1.82) is 0 Å². The number of nitrogens with two attached hydrogens (primary N) is 1. The minimum atomic E-state index is 0.0135. The van der Waals surface area contributed by atoms with Crippen LogP contribution in [-0.4, -0.2) is 23.9 Å². The van der Waals surface area contributed by atoms with Crippen LogP contribution in [0.25, 0.3) is 0 Å². The molecule has 0 aromatic carbocycles. The molecule has 0 saturated heterocycles. The molecule has 0 saturated carbocycles. The Kier molecular flexibility index (Phi) is 4.92. The Morgan fingerprint density at radius 3 is 3.00 bits per heavy atom. The number of aromatic nitrogens is 1. The molecule has 1 unspecified atom stereocenters. The minimum Gasteiger partial charge on any atom is -0.398 e. The molecule has 0 bridgehead atoms. The molecule has 0 spiro atoms. The molecule has 4 nitrogen and oxygen atoms in total. The van der Waals surface area contributed by atoms with Gasteiger partial charge in [0.25, 0.3) is 0 Å². The van der Waals surface area contributed by atoms with E-state index in [-0.39, 0.29) is 11.7 Å². The summed E-state index contributed by atoms with van der Waals surface area (Å²) in [6, 6.07) is 1.72. The van der Waals surface area contributed by atoms with E-state index in [2.05, 4.69) is 10.3 Å². The summed E-state index contributed by atoms with van der Waals surface area (Å²) in [7, 11) is 0. The van der Waals surface area contributed by atoms with Crippen LogP contribution in [-0.2, 0) is 11.2 Å². The van der Waals surface area contributed by atoms with Crippen LogP contribution in [0.1, 0.15) is 19.4 Å². The maximum Gasteiger partial charge on any atom is 0.141 e. The molecule has 4 heteroatoms. The second kappa shape index (κ2) is 6.23. The van der Waals surface area contributed by atoms with Gasteiger partial charge in [0.05, 0.1) is 0 Å². The molecule has 88 valence electrons. The number of carbonyl (C=O) groups is 1. The predicted octanol–water partition coefficient (Wildman–Crippen LogP) is 1.02. The zero-order valence-corrected chi connectivity index (χ0v) is 9.86. The quantitative estimate of drug-likeness (QED) is 0.752. The first kappa shape index (κ1) is 12.6. The second-order valence-corrected chi connectivity index (χ2v) is 3.93. The lowest BCUT2D eigenvalue weighted by molar-refractivity contribution is -0.121. The van der Waals surface area contributed by atoms with Crippen molar-refractivity contribution in [2.24, 2.45) is 5.92 Å². The van der Waals surface area contributed by atoms with E-state index in [0.29, 0.717) is 12.1 Å². The molecule has 1 aromatic heterocycles. The van der Waals surface area contributed by atoms with Gasteiger partial charge in [-0.25, -0.2) is 0 Å². The highest BCUT2D eigenvalue weighted by atomic mass is 16.1. The normalized spacial score (nSPS) is 12.4. The number of hydrogen-bond donors (Lipinski definition) is 2. The highest BCUT2D eigenvalue weighted by molar-refractivity contribution is 5.84. The van der Waals surface area contributed by atoms with E-state index in [9.17, 15) is 4.79 Å². The third-order valence-corrected chi connectivity index (χ3v) is 2.56. The van der Waals surface area contributed by atoms with E-state index in [1.54, 1.807) is 18.5 Å². The third kappa shape index (κ3) is 3.62. The van der Waals surface area contributed by atoms with Crippen molar-refractivity contribution < 1.29 is 4.79 Å². The van der Waals surface area contributed by atoms with E-state index in [4.69, 9.17) is 5.73 Å². The lowest BCUT2D eigenvalue weighted by Crippen LogP contribution is -2.27. The van der Waals surface area contributed by atoms with Gasteiger partial charge >= 0.3 is 0 Å². The van der Waals surface area contributed by atoms with Gasteiger partial charge in [0, 0.05) is 42.5 Å². The van der Waals surface area contributed by atoms with Crippen molar-refractivity contribution >= 4 is 11.5 Å². The molecule has 0 aliphatic heterocycles. The Morgan fingerprint density at radius 2 is 2.38 bits per heavy atom.